The van der Waals surface area contributed by atoms with Crippen molar-refractivity contribution in [3.63, 3.8) is 0 Å². The number of anilines is 1. The number of aryl methyl sites for hydroxylation is 1. The molecule has 1 N–H and O–H groups in total. The first-order chi connectivity index (χ1) is 11.5. The van der Waals surface area contributed by atoms with Gasteiger partial charge in [-0.2, -0.15) is 0 Å². The van der Waals surface area contributed by atoms with Crippen LogP contribution in [-0.4, -0.2) is 29.5 Å². The van der Waals surface area contributed by atoms with Gasteiger partial charge in [0.05, 0.1) is 25.6 Å². The van der Waals surface area contributed by atoms with Crippen LogP contribution in [-0.2, 0) is 0 Å². The van der Waals surface area contributed by atoms with Crippen LogP contribution in [0.15, 0.2) is 36.5 Å². The number of amides is 1. The fraction of sp³-hybridized carbons (Fsp3) is 0.176. The number of halogens is 1. The van der Waals surface area contributed by atoms with Crippen LogP contribution in [0.5, 0.6) is 11.5 Å². The highest BCUT2D eigenvalue weighted by Gasteiger charge is 2.20. The Bertz CT molecular complexity index is 921. The molecular formula is C17H16ClN3O3. The van der Waals surface area contributed by atoms with E-state index in [1.807, 2.05) is 0 Å². The van der Waals surface area contributed by atoms with Crippen molar-refractivity contribution in [3.05, 3.63) is 52.9 Å². The molecule has 124 valence electrons. The van der Waals surface area contributed by atoms with Crippen LogP contribution >= 0.6 is 11.6 Å². The lowest BCUT2D eigenvalue weighted by atomic mass is 10.2. The van der Waals surface area contributed by atoms with Crippen LogP contribution in [0.1, 0.15) is 16.2 Å². The molecule has 6 nitrogen and oxygen atoms in total. The number of ether oxygens (including phenoxy) is 2. The van der Waals surface area contributed by atoms with Gasteiger partial charge < -0.3 is 14.8 Å². The third-order valence-electron chi connectivity index (χ3n) is 3.63. The number of fused-ring (bicyclic) bond motifs is 1. The smallest absolute Gasteiger partial charge is 0.274 e. The molecule has 0 bridgehead atoms. The van der Waals surface area contributed by atoms with E-state index < -0.39 is 0 Å². The van der Waals surface area contributed by atoms with E-state index in [9.17, 15) is 4.79 Å². The Balaban J connectivity index is 2.04. The largest absolute Gasteiger partial charge is 0.495 e. The Labute approximate surface area is 144 Å². The number of pyridine rings is 1. The van der Waals surface area contributed by atoms with Gasteiger partial charge >= 0.3 is 0 Å². The van der Waals surface area contributed by atoms with Crippen LogP contribution in [0.3, 0.4) is 0 Å². The Morgan fingerprint density at radius 1 is 1.21 bits per heavy atom. The van der Waals surface area contributed by atoms with Crippen molar-refractivity contribution in [2.24, 2.45) is 0 Å². The number of hydrogen-bond acceptors (Lipinski definition) is 4. The summed E-state index contributed by atoms with van der Waals surface area (Å²) < 4.78 is 12.2. The van der Waals surface area contributed by atoms with Gasteiger partial charge in [0.25, 0.3) is 5.91 Å². The maximum Gasteiger partial charge on any atom is 0.274 e. The van der Waals surface area contributed by atoms with E-state index in [4.69, 9.17) is 21.1 Å². The second-order valence-corrected chi connectivity index (χ2v) is 5.55. The summed E-state index contributed by atoms with van der Waals surface area (Å²) in [5.74, 6) is 0.811. The third kappa shape index (κ3) is 2.76. The maximum atomic E-state index is 12.8. The standard InChI is InChI=1S/C17H16ClN3O3/c1-10-15(21-8-4-5-14(24-3)16(21)19-10)17(22)20-12-9-11(18)6-7-13(12)23-2/h4-9H,1-3H3,(H,20,22). The lowest BCUT2D eigenvalue weighted by molar-refractivity contribution is 0.102. The maximum absolute atomic E-state index is 12.8. The molecule has 0 saturated carbocycles. The molecule has 0 aliphatic carbocycles. The second kappa shape index (κ2) is 6.41. The van der Waals surface area contributed by atoms with Crippen LogP contribution in [0, 0.1) is 6.92 Å². The Morgan fingerprint density at radius 3 is 2.67 bits per heavy atom. The highest BCUT2D eigenvalue weighted by Crippen LogP contribution is 2.29. The monoisotopic (exact) mass is 345 g/mol. The summed E-state index contributed by atoms with van der Waals surface area (Å²) in [5.41, 5.74) is 2.09. The Morgan fingerprint density at radius 2 is 1.96 bits per heavy atom. The lowest BCUT2D eigenvalue weighted by Gasteiger charge is -2.11. The molecule has 0 fully saturated rings. The molecule has 0 spiro atoms. The van der Waals surface area contributed by atoms with Gasteiger partial charge in [-0.1, -0.05) is 11.6 Å². The fourth-order valence-electron chi connectivity index (χ4n) is 2.55. The van der Waals surface area contributed by atoms with Crippen molar-refractivity contribution < 1.29 is 14.3 Å². The first kappa shape index (κ1) is 16.1. The van der Waals surface area contributed by atoms with Crippen molar-refractivity contribution in [2.45, 2.75) is 6.92 Å². The quantitative estimate of drug-likeness (QED) is 0.785. The molecule has 0 aliphatic rings. The van der Waals surface area contributed by atoms with Gasteiger partial charge in [0.15, 0.2) is 11.4 Å². The molecule has 1 amide bonds. The molecule has 3 rings (SSSR count). The molecule has 7 heteroatoms. The van der Waals surface area contributed by atoms with E-state index in [1.165, 1.54) is 7.11 Å². The van der Waals surface area contributed by atoms with E-state index in [0.717, 1.165) is 0 Å². The van der Waals surface area contributed by atoms with Gasteiger partial charge in [0.2, 0.25) is 0 Å². The Hall–Kier alpha value is -2.73. The molecule has 2 aromatic heterocycles. The Kier molecular flexibility index (Phi) is 4.31. The minimum absolute atomic E-state index is 0.311. The zero-order valence-corrected chi connectivity index (χ0v) is 14.2. The van der Waals surface area contributed by atoms with Gasteiger partial charge in [-0.25, -0.2) is 4.98 Å². The summed E-state index contributed by atoms with van der Waals surface area (Å²) in [6.07, 6.45) is 1.77. The van der Waals surface area contributed by atoms with Gasteiger partial charge in [-0.15, -0.1) is 0 Å². The van der Waals surface area contributed by atoms with Crippen LogP contribution in [0.2, 0.25) is 5.02 Å². The average molecular weight is 346 g/mol. The molecule has 0 atom stereocenters. The molecule has 2 heterocycles. The molecule has 0 saturated heterocycles. The summed E-state index contributed by atoms with van der Waals surface area (Å²) in [5, 5.41) is 3.33. The van der Waals surface area contributed by atoms with E-state index in [-0.39, 0.29) is 5.91 Å². The number of methoxy groups -OCH3 is 2. The number of rotatable bonds is 4. The minimum atomic E-state index is -0.311. The molecule has 1 aromatic carbocycles. The van der Waals surface area contributed by atoms with Crippen molar-refractivity contribution in [1.82, 2.24) is 9.38 Å². The van der Waals surface area contributed by atoms with E-state index in [0.29, 0.717) is 39.2 Å². The molecule has 24 heavy (non-hydrogen) atoms. The molecule has 0 aliphatic heterocycles. The SMILES string of the molecule is COc1ccc(Cl)cc1NC(=O)c1c(C)nc2c(OC)cccn12. The summed E-state index contributed by atoms with van der Waals surface area (Å²) >= 11 is 6.01. The average Bonchev–Trinajstić information content (AvgIpc) is 2.90. The fourth-order valence-corrected chi connectivity index (χ4v) is 2.72. The zero-order valence-electron chi connectivity index (χ0n) is 13.5. The molecule has 3 aromatic rings. The van der Waals surface area contributed by atoms with Gasteiger partial charge in [0, 0.05) is 11.2 Å². The summed E-state index contributed by atoms with van der Waals surface area (Å²) in [4.78, 5) is 17.2. The third-order valence-corrected chi connectivity index (χ3v) is 3.87. The number of nitrogens with one attached hydrogen (secondary N) is 1. The van der Waals surface area contributed by atoms with Gasteiger partial charge in [-0.05, 0) is 37.3 Å². The summed E-state index contributed by atoms with van der Waals surface area (Å²) in [6, 6.07) is 8.62. The summed E-state index contributed by atoms with van der Waals surface area (Å²) in [7, 11) is 3.10. The highest BCUT2D eigenvalue weighted by molar-refractivity contribution is 6.31. The number of benzene rings is 1. The number of nitrogens with zero attached hydrogens (tertiary/aromatic N) is 2. The molecule has 0 radical (unpaired) electrons. The van der Waals surface area contributed by atoms with Crippen LogP contribution in [0.25, 0.3) is 5.65 Å². The molecule has 0 unspecified atom stereocenters. The predicted molar refractivity (Wildman–Crippen MR) is 92.4 cm³/mol. The van der Waals surface area contributed by atoms with Crippen molar-refractivity contribution in [3.8, 4) is 11.5 Å². The number of carbonyl (C=O) groups is 1. The second-order valence-electron chi connectivity index (χ2n) is 5.11. The van der Waals surface area contributed by atoms with Gasteiger partial charge in [0.1, 0.15) is 11.4 Å². The van der Waals surface area contributed by atoms with Crippen molar-refractivity contribution in [1.29, 1.82) is 0 Å². The number of imidazole rings is 1. The zero-order chi connectivity index (χ0) is 17.3. The molecular weight excluding hydrogens is 330 g/mol. The number of carbonyl (C=O) groups excluding carboxylic acids is 1. The highest BCUT2D eigenvalue weighted by atomic mass is 35.5. The summed E-state index contributed by atoms with van der Waals surface area (Å²) in [6.45, 7) is 1.77. The van der Waals surface area contributed by atoms with Crippen molar-refractivity contribution >= 4 is 28.8 Å². The van der Waals surface area contributed by atoms with Crippen molar-refractivity contribution in [2.75, 3.05) is 19.5 Å². The normalized spacial score (nSPS) is 10.7. The lowest BCUT2D eigenvalue weighted by Crippen LogP contribution is -2.16. The van der Waals surface area contributed by atoms with E-state index in [1.54, 1.807) is 55.0 Å². The first-order valence-corrected chi connectivity index (χ1v) is 7.59. The number of aromatic nitrogens is 2. The van der Waals surface area contributed by atoms with E-state index >= 15 is 0 Å². The van der Waals surface area contributed by atoms with E-state index in [2.05, 4.69) is 10.3 Å². The number of hydrogen-bond donors (Lipinski definition) is 1. The van der Waals surface area contributed by atoms with Crippen LogP contribution < -0.4 is 14.8 Å². The van der Waals surface area contributed by atoms with Crippen LogP contribution in [0.4, 0.5) is 5.69 Å². The van der Waals surface area contributed by atoms with Gasteiger partial charge in [-0.3, -0.25) is 9.20 Å². The minimum Gasteiger partial charge on any atom is -0.495 e. The predicted octanol–water partition coefficient (Wildman–Crippen LogP) is 3.57. The first-order valence-electron chi connectivity index (χ1n) is 7.21. The topological polar surface area (TPSA) is 64.9 Å².